The third-order valence-corrected chi connectivity index (χ3v) is 8.65. The van der Waals surface area contributed by atoms with Crippen LogP contribution in [0.25, 0.3) is 0 Å². The van der Waals surface area contributed by atoms with E-state index in [-0.39, 0.29) is 64.0 Å². The Hall–Kier alpha value is -2.52. The van der Waals surface area contributed by atoms with Gasteiger partial charge in [0.15, 0.2) is 12.6 Å². The lowest BCUT2D eigenvalue weighted by Gasteiger charge is -2.38. The molecule has 4 amide bonds. The lowest BCUT2D eigenvalue weighted by atomic mass is 9.94. The molecule has 0 aromatic heterocycles. The second kappa shape index (κ2) is 18.3. The summed E-state index contributed by atoms with van der Waals surface area (Å²) in [6, 6.07) is 0. The van der Waals surface area contributed by atoms with Gasteiger partial charge in [-0.1, -0.05) is 0 Å². The maximum atomic E-state index is 13.2. The van der Waals surface area contributed by atoms with Crippen molar-refractivity contribution >= 4 is 23.6 Å². The fraction of sp³-hybridized carbons (Fsp3) is 0.862. The minimum atomic E-state index is -1.51. The van der Waals surface area contributed by atoms with E-state index in [1.807, 2.05) is 0 Å². The molecule has 0 bridgehead atoms. The molecule has 47 heavy (non-hydrogen) atoms. The van der Waals surface area contributed by atoms with E-state index < -0.39 is 85.1 Å². The van der Waals surface area contributed by atoms with Crippen LogP contribution < -0.4 is 16.0 Å². The predicted molar refractivity (Wildman–Crippen MR) is 159 cm³/mol. The van der Waals surface area contributed by atoms with E-state index in [2.05, 4.69) is 16.0 Å². The number of rotatable bonds is 15. The molecule has 12 atom stereocenters. The van der Waals surface area contributed by atoms with Crippen molar-refractivity contribution in [2.75, 3.05) is 46.4 Å². The standard InChI is InChI=1S/C29H50N4O14/c1-14-20(36)22(38)24(40)28(46-14)44-10-8-31-26(42)16-12-33(19(35)7-5-4-6-18(34)30-3)13-17(16)27(43)32-9-11-45-29-25(41)23(39)21(37)15(2)47-29/h14-17,20-25,28-29,36-41H,4-13H2,1-3H3,(H,30,34)(H,31,42)(H,32,43)/t14-,15-,16-,17?,20+,21+,22+,23+,24-,25-,28+,29+/m0/s1. The van der Waals surface area contributed by atoms with E-state index in [1.54, 1.807) is 0 Å². The monoisotopic (exact) mass is 678 g/mol. The lowest BCUT2D eigenvalue weighted by molar-refractivity contribution is -0.292. The molecule has 0 aromatic rings. The lowest BCUT2D eigenvalue weighted by Crippen LogP contribution is -2.57. The Bertz CT molecular complexity index is 992. The summed E-state index contributed by atoms with van der Waals surface area (Å²) in [4.78, 5) is 52.3. The Morgan fingerprint density at radius 1 is 0.681 bits per heavy atom. The summed E-state index contributed by atoms with van der Waals surface area (Å²) in [5.74, 6) is -3.28. The first-order valence-electron chi connectivity index (χ1n) is 15.9. The number of hydrogen-bond donors (Lipinski definition) is 9. The molecule has 0 saturated carbocycles. The number of nitrogens with zero attached hydrogens (tertiary/aromatic N) is 1. The van der Waals surface area contributed by atoms with Gasteiger partial charge < -0.3 is 70.4 Å². The van der Waals surface area contributed by atoms with Gasteiger partial charge in [-0.2, -0.15) is 0 Å². The topological polar surface area (TPSA) is 266 Å². The van der Waals surface area contributed by atoms with Crippen LogP contribution in [-0.2, 0) is 38.1 Å². The number of nitrogens with one attached hydrogen (secondary N) is 3. The average Bonchev–Trinajstić information content (AvgIpc) is 3.51. The molecule has 1 unspecified atom stereocenters. The van der Waals surface area contributed by atoms with Crippen molar-refractivity contribution in [2.45, 2.75) is 101 Å². The van der Waals surface area contributed by atoms with Crippen LogP contribution in [0.4, 0.5) is 0 Å². The summed E-state index contributed by atoms with van der Waals surface area (Å²) in [7, 11) is 1.53. The fourth-order valence-electron chi connectivity index (χ4n) is 5.65. The number of carbonyl (C=O) groups excluding carboxylic acids is 4. The Kier molecular flexibility index (Phi) is 15.2. The molecule has 270 valence electrons. The van der Waals surface area contributed by atoms with Crippen molar-refractivity contribution < 1.29 is 68.8 Å². The molecule has 18 nitrogen and oxygen atoms in total. The van der Waals surface area contributed by atoms with E-state index in [0.29, 0.717) is 12.8 Å². The molecule has 0 radical (unpaired) electrons. The highest BCUT2D eigenvalue weighted by Gasteiger charge is 2.45. The van der Waals surface area contributed by atoms with Gasteiger partial charge in [-0.15, -0.1) is 0 Å². The first kappa shape index (κ1) is 38.9. The molecule has 3 fully saturated rings. The third kappa shape index (κ3) is 10.5. The summed E-state index contributed by atoms with van der Waals surface area (Å²) in [6.45, 7) is 2.61. The first-order chi connectivity index (χ1) is 22.3. The Labute approximate surface area is 272 Å². The van der Waals surface area contributed by atoms with Crippen molar-refractivity contribution in [2.24, 2.45) is 11.8 Å². The molecule has 3 aliphatic rings. The van der Waals surface area contributed by atoms with Gasteiger partial charge in [-0.3, -0.25) is 19.2 Å². The molecule has 3 heterocycles. The number of ether oxygens (including phenoxy) is 4. The van der Waals surface area contributed by atoms with Crippen LogP contribution >= 0.6 is 0 Å². The quantitative estimate of drug-likeness (QED) is 0.0737. The van der Waals surface area contributed by atoms with Gasteiger partial charge in [0.1, 0.15) is 36.6 Å². The summed E-state index contributed by atoms with van der Waals surface area (Å²) < 4.78 is 21.6. The van der Waals surface area contributed by atoms with Crippen LogP contribution in [0.2, 0.25) is 0 Å². The molecule has 3 rings (SSSR count). The van der Waals surface area contributed by atoms with Crippen LogP contribution in [0, 0.1) is 11.8 Å². The van der Waals surface area contributed by atoms with Crippen molar-refractivity contribution in [1.29, 1.82) is 0 Å². The van der Waals surface area contributed by atoms with Crippen molar-refractivity contribution in [3.05, 3.63) is 0 Å². The number of aliphatic hydroxyl groups excluding tert-OH is 6. The summed E-state index contributed by atoms with van der Waals surface area (Å²) >= 11 is 0. The fourth-order valence-corrected chi connectivity index (χ4v) is 5.65. The molecular weight excluding hydrogens is 628 g/mol. The number of aliphatic hydroxyl groups is 6. The van der Waals surface area contributed by atoms with E-state index in [1.165, 1.54) is 25.8 Å². The van der Waals surface area contributed by atoms with Gasteiger partial charge in [0.25, 0.3) is 0 Å². The smallest absolute Gasteiger partial charge is 0.225 e. The minimum Gasteiger partial charge on any atom is -0.388 e. The largest absolute Gasteiger partial charge is 0.388 e. The molecule has 3 aliphatic heterocycles. The molecule has 18 heteroatoms. The zero-order valence-corrected chi connectivity index (χ0v) is 26.9. The zero-order chi connectivity index (χ0) is 34.8. The van der Waals surface area contributed by atoms with Gasteiger partial charge in [0, 0.05) is 46.1 Å². The van der Waals surface area contributed by atoms with Crippen LogP contribution in [0.1, 0.15) is 39.5 Å². The van der Waals surface area contributed by atoms with Gasteiger partial charge in [0.2, 0.25) is 23.6 Å². The van der Waals surface area contributed by atoms with Gasteiger partial charge in [0.05, 0.1) is 37.3 Å². The van der Waals surface area contributed by atoms with Crippen LogP contribution in [0.15, 0.2) is 0 Å². The number of hydrogen-bond acceptors (Lipinski definition) is 14. The van der Waals surface area contributed by atoms with Crippen molar-refractivity contribution in [3.63, 3.8) is 0 Å². The maximum Gasteiger partial charge on any atom is 0.225 e. The second-order valence-electron chi connectivity index (χ2n) is 12.1. The second-order valence-corrected chi connectivity index (χ2v) is 12.1. The first-order valence-corrected chi connectivity index (χ1v) is 15.9. The van der Waals surface area contributed by atoms with Gasteiger partial charge >= 0.3 is 0 Å². The normalized spacial score (nSPS) is 35.7. The van der Waals surface area contributed by atoms with Crippen LogP contribution in [-0.4, -0.2) is 167 Å². The molecule has 0 aliphatic carbocycles. The van der Waals surface area contributed by atoms with Crippen molar-refractivity contribution in [3.8, 4) is 0 Å². The molecular formula is C29H50N4O14. The van der Waals surface area contributed by atoms with Crippen molar-refractivity contribution in [1.82, 2.24) is 20.9 Å². The Balaban J connectivity index is 1.53. The summed E-state index contributed by atoms with van der Waals surface area (Å²) in [5.41, 5.74) is 0. The van der Waals surface area contributed by atoms with Crippen LogP contribution in [0.3, 0.4) is 0 Å². The molecule has 3 saturated heterocycles. The average molecular weight is 679 g/mol. The van der Waals surface area contributed by atoms with Crippen LogP contribution in [0.5, 0.6) is 0 Å². The maximum absolute atomic E-state index is 13.2. The number of unbranched alkanes of at least 4 members (excludes halogenated alkanes) is 1. The highest BCUT2D eigenvalue weighted by molar-refractivity contribution is 5.90. The summed E-state index contributed by atoms with van der Waals surface area (Å²) in [5, 5.41) is 67.6. The summed E-state index contributed by atoms with van der Waals surface area (Å²) in [6.07, 6.45) is -11.3. The molecule has 9 N–H and O–H groups in total. The Morgan fingerprint density at radius 2 is 1.11 bits per heavy atom. The van der Waals surface area contributed by atoms with E-state index in [9.17, 15) is 49.8 Å². The number of amides is 4. The number of carbonyl (C=O) groups is 4. The minimum absolute atomic E-state index is 0.0260. The predicted octanol–water partition coefficient (Wildman–Crippen LogP) is -4.71. The molecule has 0 aromatic carbocycles. The van der Waals surface area contributed by atoms with E-state index in [4.69, 9.17) is 18.9 Å². The third-order valence-electron chi connectivity index (χ3n) is 8.65. The zero-order valence-electron chi connectivity index (χ0n) is 26.9. The van der Waals surface area contributed by atoms with E-state index >= 15 is 0 Å². The van der Waals surface area contributed by atoms with E-state index in [0.717, 1.165) is 0 Å². The highest BCUT2D eigenvalue weighted by Crippen LogP contribution is 2.26. The number of likely N-dealkylation sites (tertiary alicyclic amines) is 1. The van der Waals surface area contributed by atoms with Gasteiger partial charge in [-0.25, -0.2) is 0 Å². The SMILES string of the molecule is CNC(=O)CCCCC(=O)N1CC(C(=O)NCCO[C@@H]2O[C@@H](C)[C@@H](O)[C@@H](O)[C@@H]2O)[C@@H](C(=O)NCCO[C@@H]2O[C@@H](C)[C@@H](O)[C@@H](O)[C@@H]2O)C1. The van der Waals surface area contributed by atoms with Gasteiger partial charge in [-0.05, 0) is 26.7 Å². The highest BCUT2D eigenvalue weighted by atomic mass is 16.7. The molecule has 0 spiro atoms. The Morgan fingerprint density at radius 3 is 1.53 bits per heavy atom.